The van der Waals surface area contributed by atoms with Crippen LogP contribution in [0.4, 0.5) is 0 Å². The van der Waals surface area contributed by atoms with Gasteiger partial charge < -0.3 is 14.7 Å². The number of rotatable bonds is 5. The number of ether oxygens (including phenoxy) is 1. The van der Waals surface area contributed by atoms with Gasteiger partial charge in [0.2, 0.25) is 15.9 Å². The molecule has 156 valence electrons. The van der Waals surface area contributed by atoms with Crippen LogP contribution in [-0.4, -0.2) is 67.5 Å². The normalized spacial score (nSPS) is 23.4. The zero-order valence-corrected chi connectivity index (χ0v) is 17.9. The van der Waals surface area contributed by atoms with Crippen LogP contribution < -0.4 is 4.74 Å². The summed E-state index contributed by atoms with van der Waals surface area (Å²) in [7, 11) is -2.15. The van der Waals surface area contributed by atoms with Crippen molar-refractivity contribution < 1.29 is 23.1 Å². The zero-order valence-electron chi connectivity index (χ0n) is 17.1. The van der Waals surface area contributed by atoms with E-state index in [1.54, 1.807) is 37.1 Å². The van der Waals surface area contributed by atoms with Gasteiger partial charge in [0.15, 0.2) is 0 Å². The lowest BCUT2D eigenvalue weighted by atomic mass is 10.0. The molecular weight excluding hydrogens is 380 g/mol. The molecule has 0 saturated carbocycles. The van der Waals surface area contributed by atoms with E-state index < -0.39 is 22.2 Å². The number of hydrogen-bond donors (Lipinski definition) is 1. The van der Waals surface area contributed by atoms with Crippen molar-refractivity contribution in [1.82, 2.24) is 9.21 Å². The lowest BCUT2D eigenvalue weighted by molar-refractivity contribution is -0.129. The van der Waals surface area contributed by atoms with Crippen LogP contribution in [0.15, 0.2) is 29.2 Å². The van der Waals surface area contributed by atoms with Crippen LogP contribution in [0.2, 0.25) is 0 Å². The van der Waals surface area contributed by atoms with Crippen LogP contribution in [0.25, 0.3) is 6.08 Å². The minimum Gasteiger partial charge on any atom is -0.487 e. The molecule has 0 radical (unpaired) electrons. The maximum absolute atomic E-state index is 13.3. The number of benzene rings is 1. The van der Waals surface area contributed by atoms with E-state index in [0.717, 1.165) is 5.56 Å². The Kier molecular flexibility index (Phi) is 7.25. The summed E-state index contributed by atoms with van der Waals surface area (Å²) in [5.74, 6) is -0.0164. The van der Waals surface area contributed by atoms with Gasteiger partial charge in [-0.15, -0.1) is 0 Å². The van der Waals surface area contributed by atoms with Gasteiger partial charge in [-0.05, 0) is 31.5 Å². The summed E-state index contributed by atoms with van der Waals surface area (Å²) >= 11 is 0. The lowest BCUT2D eigenvalue weighted by Gasteiger charge is -2.37. The molecule has 7 nitrogen and oxygen atoms in total. The Morgan fingerprint density at radius 3 is 2.71 bits per heavy atom. The van der Waals surface area contributed by atoms with Gasteiger partial charge >= 0.3 is 0 Å². The number of aliphatic hydroxyl groups excluding tert-OH is 1. The Morgan fingerprint density at radius 2 is 2.14 bits per heavy atom. The molecule has 1 aromatic rings. The Morgan fingerprint density at radius 1 is 1.46 bits per heavy atom. The van der Waals surface area contributed by atoms with Gasteiger partial charge in [0.1, 0.15) is 16.7 Å². The van der Waals surface area contributed by atoms with Crippen molar-refractivity contribution in [3.8, 4) is 5.75 Å². The van der Waals surface area contributed by atoms with Crippen molar-refractivity contribution in [3.63, 3.8) is 0 Å². The highest BCUT2D eigenvalue weighted by Crippen LogP contribution is 2.34. The second-order valence-electron chi connectivity index (χ2n) is 7.35. The van der Waals surface area contributed by atoms with Crippen molar-refractivity contribution in [3.05, 3.63) is 29.8 Å². The number of sulfonamides is 1. The van der Waals surface area contributed by atoms with Crippen LogP contribution in [0.5, 0.6) is 5.75 Å². The number of carbonyl (C=O) groups excluding carboxylic acids is 1. The second kappa shape index (κ2) is 9.07. The topological polar surface area (TPSA) is 87.2 Å². The number of likely N-dealkylation sites (N-methyl/N-ethyl adjacent to an activating group) is 1. The van der Waals surface area contributed by atoms with E-state index in [4.69, 9.17) is 4.74 Å². The quantitative estimate of drug-likeness (QED) is 0.802. The average Bonchev–Trinajstić information content (AvgIpc) is 2.64. The second-order valence-corrected chi connectivity index (χ2v) is 9.20. The van der Waals surface area contributed by atoms with E-state index in [-0.39, 0.29) is 35.6 Å². The van der Waals surface area contributed by atoms with Crippen LogP contribution in [0, 0.1) is 5.92 Å². The van der Waals surface area contributed by atoms with Gasteiger partial charge in [-0.2, -0.15) is 4.31 Å². The largest absolute Gasteiger partial charge is 0.487 e. The number of amides is 1. The molecule has 28 heavy (non-hydrogen) atoms. The Bertz CT molecular complexity index is 837. The molecule has 1 N–H and O–H groups in total. The summed E-state index contributed by atoms with van der Waals surface area (Å²) in [6.07, 6.45) is 3.34. The highest BCUT2D eigenvalue weighted by molar-refractivity contribution is 7.89. The fraction of sp³-hybridized carbons (Fsp3) is 0.550. The summed E-state index contributed by atoms with van der Waals surface area (Å²) in [6.45, 7) is 7.18. The summed E-state index contributed by atoms with van der Waals surface area (Å²) in [6, 6.07) is 4.40. The number of nitrogens with zero attached hydrogens (tertiary/aromatic N) is 2. The highest BCUT2D eigenvalue weighted by Gasteiger charge is 2.38. The Hall–Kier alpha value is -1.90. The number of aliphatic hydroxyl groups is 1. The molecule has 1 aliphatic heterocycles. The minimum atomic E-state index is -3.84. The predicted molar refractivity (Wildman–Crippen MR) is 108 cm³/mol. The third-order valence-corrected chi connectivity index (χ3v) is 7.06. The van der Waals surface area contributed by atoms with Gasteiger partial charge in [0, 0.05) is 32.5 Å². The van der Waals surface area contributed by atoms with Crippen LogP contribution in [0.3, 0.4) is 0 Å². The SMILES string of the molecule is C/C=C/c1ccc2c(c1)O[C@@H](CN(C)C(C)=O)[C@H](C)CN([C@@H](C)CO)S2(=O)=O. The monoisotopic (exact) mass is 410 g/mol. The van der Waals surface area contributed by atoms with Crippen LogP contribution >= 0.6 is 0 Å². The maximum Gasteiger partial charge on any atom is 0.247 e. The van der Waals surface area contributed by atoms with Crippen molar-refractivity contribution in [1.29, 1.82) is 0 Å². The summed E-state index contributed by atoms with van der Waals surface area (Å²) in [5, 5.41) is 9.61. The van der Waals surface area contributed by atoms with E-state index in [9.17, 15) is 18.3 Å². The molecule has 8 heteroatoms. The molecule has 0 saturated heterocycles. The average molecular weight is 411 g/mol. The fourth-order valence-corrected chi connectivity index (χ4v) is 4.98. The fourth-order valence-electron chi connectivity index (χ4n) is 3.15. The molecule has 0 aromatic heterocycles. The standard InChI is InChI=1S/C20H30N2O5S/c1-6-7-17-8-9-20-18(10-17)27-19(12-21(5)16(4)24)14(2)11-22(15(3)13-23)28(20,25)26/h6-10,14-15,19,23H,11-13H2,1-5H3/b7-6+/t14-,15+,19+/m1/s1. The smallest absolute Gasteiger partial charge is 0.247 e. The number of allylic oxidation sites excluding steroid dienone is 1. The van der Waals surface area contributed by atoms with Crippen molar-refractivity contribution in [2.75, 3.05) is 26.7 Å². The number of fused-ring (bicyclic) bond motifs is 1. The molecule has 0 bridgehead atoms. The van der Waals surface area contributed by atoms with Crippen molar-refractivity contribution >= 4 is 22.0 Å². The Labute approximate surface area is 167 Å². The first-order chi connectivity index (χ1) is 13.1. The minimum absolute atomic E-state index is 0.0726. The van der Waals surface area contributed by atoms with Gasteiger partial charge in [0.05, 0.1) is 13.2 Å². The predicted octanol–water partition coefficient (Wildman–Crippen LogP) is 1.97. The lowest BCUT2D eigenvalue weighted by Crippen LogP contribution is -2.50. The third-order valence-electron chi connectivity index (χ3n) is 5.04. The van der Waals surface area contributed by atoms with Gasteiger partial charge in [-0.1, -0.05) is 25.1 Å². The van der Waals surface area contributed by atoms with E-state index in [1.165, 1.54) is 11.2 Å². The Balaban J connectivity index is 2.59. The molecule has 1 heterocycles. The van der Waals surface area contributed by atoms with Gasteiger partial charge in [0.25, 0.3) is 0 Å². The highest BCUT2D eigenvalue weighted by atomic mass is 32.2. The third kappa shape index (κ3) is 4.74. The number of carbonyl (C=O) groups is 1. The molecule has 0 aliphatic carbocycles. The molecule has 0 spiro atoms. The molecule has 1 amide bonds. The van der Waals surface area contributed by atoms with Gasteiger partial charge in [-0.25, -0.2) is 8.42 Å². The molecule has 0 unspecified atom stereocenters. The number of hydrogen-bond acceptors (Lipinski definition) is 5. The maximum atomic E-state index is 13.3. The summed E-state index contributed by atoms with van der Waals surface area (Å²) in [4.78, 5) is 13.3. The van der Waals surface area contributed by atoms with Gasteiger partial charge in [-0.3, -0.25) is 4.79 Å². The van der Waals surface area contributed by atoms with E-state index >= 15 is 0 Å². The summed E-state index contributed by atoms with van der Waals surface area (Å²) in [5.41, 5.74) is 0.824. The van der Waals surface area contributed by atoms with Crippen LogP contribution in [0.1, 0.15) is 33.3 Å². The van der Waals surface area contributed by atoms with E-state index in [1.807, 2.05) is 26.0 Å². The molecule has 1 aromatic carbocycles. The molecule has 3 atom stereocenters. The van der Waals surface area contributed by atoms with Crippen molar-refractivity contribution in [2.24, 2.45) is 5.92 Å². The molecule has 1 aliphatic rings. The summed E-state index contributed by atoms with van der Waals surface area (Å²) < 4.78 is 34.0. The molecule has 2 rings (SSSR count). The van der Waals surface area contributed by atoms with E-state index in [2.05, 4.69) is 0 Å². The van der Waals surface area contributed by atoms with Crippen molar-refractivity contribution in [2.45, 2.75) is 44.7 Å². The first-order valence-corrected chi connectivity index (χ1v) is 10.8. The van der Waals surface area contributed by atoms with E-state index in [0.29, 0.717) is 6.54 Å². The molecule has 0 fully saturated rings. The van der Waals surface area contributed by atoms with Crippen LogP contribution in [-0.2, 0) is 14.8 Å². The first kappa shape index (κ1) is 22.4. The first-order valence-electron chi connectivity index (χ1n) is 9.39. The zero-order chi connectivity index (χ0) is 21.1. The molecular formula is C20H30N2O5S.